The number of anilines is 1. The van der Waals surface area contributed by atoms with Gasteiger partial charge in [0, 0.05) is 18.3 Å². The van der Waals surface area contributed by atoms with E-state index in [2.05, 4.69) is 0 Å². The van der Waals surface area contributed by atoms with Gasteiger partial charge in [-0.25, -0.2) is 0 Å². The van der Waals surface area contributed by atoms with Crippen LogP contribution in [0.15, 0.2) is 54.6 Å². The monoisotopic (exact) mass is 282 g/mol. The van der Waals surface area contributed by atoms with E-state index < -0.39 is 0 Å². The zero-order valence-electron chi connectivity index (χ0n) is 12.6. The number of nitrogens with two attached hydrogens (primary N) is 1. The van der Waals surface area contributed by atoms with Crippen LogP contribution in [-0.2, 0) is 17.8 Å². The van der Waals surface area contributed by atoms with Gasteiger partial charge in [0.25, 0.3) is 0 Å². The summed E-state index contributed by atoms with van der Waals surface area (Å²) in [4.78, 5) is 14.4. The first-order valence-electron chi connectivity index (χ1n) is 7.24. The van der Waals surface area contributed by atoms with Crippen LogP contribution in [-0.4, -0.2) is 16.8 Å². The van der Waals surface area contributed by atoms with Gasteiger partial charge in [-0.2, -0.15) is 0 Å². The van der Waals surface area contributed by atoms with Gasteiger partial charge in [-0.1, -0.05) is 42.5 Å². The first-order valence-corrected chi connectivity index (χ1v) is 7.24. The Balaban J connectivity index is 2.07. The number of carbonyl (C=O) groups excluding carboxylic acids is 1. The van der Waals surface area contributed by atoms with Crippen LogP contribution in [0.25, 0.3) is 0 Å². The Morgan fingerprint density at radius 1 is 1.00 bits per heavy atom. The number of benzene rings is 2. The summed E-state index contributed by atoms with van der Waals surface area (Å²) >= 11 is 0. The minimum atomic E-state index is 0.146. The van der Waals surface area contributed by atoms with Crippen LogP contribution >= 0.6 is 0 Å². The molecule has 0 heterocycles. The Bertz CT molecular complexity index is 576. The number of carbonyl (C=O) groups is 1. The average Bonchev–Trinajstić information content (AvgIpc) is 2.47. The van der Waals surface area contributed by atoms with Crippen molar-refractivity contribution in [2.75, 3.05) is 5.73 Å². The smallest absolute Gasteiger partial charge is 0.227 e. The van der Waals surface area contributed by atoms with E-state index >= 15 is 0 Å². The Morgan fingerprint density at radius 2 is 1.62 bits per heavy atom. The molecule has 0 aliphatic carbocycles. The molecule has 0 spiro atoms. The Kier molecular flexibility index (Phi) is 4.99. The van der Waals surface area contributed by atoms with Crippen LogP contribution < -0.4 is 5.73 Å². The summed E-state index contributed by atoms with van der Waals surface area (Å²) in [5.41, 5.74) is 8.58. The van der Waals surface area contributed by atoms with Crippen molar-refractivity contribution in [2.45, 2.75) is 32.9 Å². The average molecular weight is 282 g/mol. The third-order valence-corrected chi connectivity index (χ3v) is 3.47. The van der Waals surface area contributed by atoms with E-state index in [1.54, 1.807) is 0 Å². The number of rotatable bonds is 5. The maximum absolute atomic E-state index is 12.5. The molecule has 2 aromatic carbocycles. The lowest BCUT2D eigenvalue weighted by atomic mass is 10.1. The number of amides is 1. The van der Waals surface area contributed by atoms with Crippen LogP contribution in [0.5, 0.6) is 0 Å². The minimum absolute atomic E-state index is 0.146. The summed E-state index contributed by atoms with van der Waals surface area (Å²) in [5, 5.41) is 0. The van der Waals surface area contributed by atoms with Crippen LogP contribution in [0.1, 0.15) is 25.0 Å². The molecule has 0 saturated carbocycles. The fourth-order valence-corrected chi connectivity index (χ4v) is 2.25. The maximum atomic E-state index is 12.5. The largest absolute Gasteiger partial charge is 0.399 e. The van der Waals surface area contributed by atoms with Crippen molar-refractivity contribution >= 4 is 11.6 Å². The van der Waals surface area contributed by atoms with Crippen LogP contribution in [0.4, 0.5) is 5.69 Å². The molecule has 0 aliphatic heterocycles. The van der Waals surface area contributed by atoms with Crippen molar-refractivity contribution in [2.24, 2.45) is 0 Å². The van der Waals surface area contributed by atoms with Gasteiger partial charge in [-0.05, 0) is 37.1 Å². The highest BCUT2D eigenvalue weighted by molar-refractivity contribution is 5.79. The molecule has 1 amide bonds. The summed E-state index contributed by atoms with van der Waals surface area (Å²) in [6.45, 7) is 4.70. The lowest BCUT2D eigenvalue weighted by Gasteiger charge is -2.27. The van der Waals surface area contributed by atoms with Crippen molar-refractivity contribution in [1.29, 1.82) is 0 Å². The molecule has 0 aliphatic rings. The van der Waals surface area contributed by atoms with Crippen molar-refractivity contribution < 1.29 is 4.79 Å². The molecule has 0 fully saturated rings. The maximum Gasteiger partial charge on any atom is 0.227 e. The van der Waals surface area contributed by atoms with Crippen molar-refractivity contribution in [3.63, 3.8) is 0 Å². The lowest BCUT2D eigenvalue weighted by Crippen LogP contribution is -2.37. The topological polar surface area (TPSA) is 46.3 Å². The molecule has 0 aromatic heterocycles. The molecule has 0 radical (unpaired) electrons. The molecule has 0 unspecified atom stereocenters. The third kappa shape index (κ3) is 4.35. The van der Waals surface area contributed by atoms with Crippen LogP contribution in [0, 0.1) is 0 Å². The lowest BCUT2D eigenvalue weighted by molar-refractivity contribution is -0.132. The van der Waals surface area contributed by atoms with Gasteiger partial charge in [0.05, 0.1) is 6.42 Å². The van der Waals surface area contributed by atoms with Crippen molar-refractivity contribution in [3.8, 4) is 0 Å². The van der Waals surface area contributed by atoms with Crippen molar-refractivity contribution in [1.82, 2.24) is 4.90 Å². The second-order valence-electron chi connectivity index (χ2n) is 5.52. The van der Waals surface area contributed by atoms with Gasteiger partial charge in [0.1, 0.15) is 0 Å². The Morgan fingerprint density at radius 3 is 2.19 bits per heavy atom. The molecule has 110 valence electrons. The molecule has 3 nitrogen and oxygen atoms in total. The second kappa shape index (κ2) is 6.93. The summed E-state index contributed by atoms with van der Waals surface area (Å²) < 4.78 is 0. The van der Waals surface area contributed by atoms with E-state index in [0.29, 0.717) is 13.0 Å². The zero-order chi connectivity index (χ0) is 15.2. The predicted octanol–water partition coefficient (Wildman–Crippen LogP) is 3.25. The molecule has 3 heteroatoms. The third-order valence-electron chi connectivity index (χ3n) is 3.47. The molecule has 2 aromatic rings. The van der Waals surface area contributed by atoms with Gasteiger partial charge in [0.15, 0.2) is 0 Å². The second-order valence-corrected chi connectivity index (χ2v) is 5.52. The summed E-state index contributed by atoms with van der Waals surface area (Å²) in [7, 11) is 0. The predicted molar refractivity (Wildman–Crippen MR) is 86.7 cm³/mol. The van der Waals surface area contributed by atoms with E-state index in [4.69, 9.17) is 5.73 Å². The van der Waals surface area contributed by atoms with E-state index in [9.17, 15) is 4.79 Å². The minimum Gasteiger partial charge on any atom is -0.399 e. The van der Waals surface area contributed by atoms with Crippen molar-refractivity contribution in [3.05, 3.63) is 65.7 Å². The number of hydrogen-bond acceptors (Lipinski definition) is 2. The van der Waals surface area contributed by atoms with Crippen LogP contribution in [0.3, 0.4) is 0 Å². The fourth-order valence-electron chi connectivity index (χ4n) is 2.25. The fraction of sp³-hybridized carbons (Fsp3) is 0.278. The molecule has 0 saturated heterocycles. The first kappa shape index (κ1) is 15.1. The highest BCUT2D eigenvalue weighted by Crippen LogP contribution is 2.13. The molecule has 2 N–H and O–H groups in total. The summed E-state index contributed by atoms with van der Waals surface area (Å²) in [6.07, 6.45) is 0.438. The highest BCUT2D eigenvalue weighted by Gasteiger charge is 2.17. The van der Waals surface area contributed by atoms with Gasteiger partial charge in [-0.3, -0.25) is 4.79 Å². The Labute approximate surface area is 126 Å². The SMILES string of the molecule is CC(C)N(Cc1ccc(N)cc1)C(=O)Cc1ccccc1. The van der Waals surface area contributed by atoms with E-state index in [1.165, 1.54) is 0 Å². The quantitative estimate of drug-likeness (QED) is 0.856. The molecule has 0 atom stereocenters. The van der Waals surface area contributed by atoms with Gasteiger partial charge < -0.3 is 10.6 Å². The van der Waals surface area contributed by atoms with Crippen LogP contribution in [0.2, 0.25) is 0 Å². The summed E-state index contributed by atoms with van der Waals surface area (Å²) in [6, 6.07) is 17.7. The number of hydrogen-bond donors (Lipinski definition) is 1. The van der Waals surface area contributed by atoms with E-state index in [0.717, 1.165) is 16.8 Å². The van der Waals surface area contributed by atoms with E-state index in [-0.39, 0.29) is 11.9 Å². The number of nitrogen functional groups attached to an aromatic ring is 1. The zero-order valence-corrected chi connectivity index (χ0v) is 12.6. The van der Waals surface area contributed by atoms with Gasteiger partial charge in [0.2, 0.25) is 5.91 Å². The van der Waals surface area contributed by atoms with Gasteiger partial charge >= 0.3 is 0 Å². The molecular weight excluding hydrogens is 260 g/mol. The summed E-state index contributed by atoms with van der Waals surface area (Å²) in [5.74, 6) is 0.146. The highest BCUT2D eigenvalue weighted by atomic mass is 16.2. The number of nitrogens with zero attached hydrogens (tertiary/aromatic N) is 1. The van der Waals surface area contributed by atoms with E-state index in [1.807, 2.05) is 73.3 Å². The standard InChI is InChI=1S/C18H22N2O/c1-14(2)20(13-16-8-10-17(19)11-9-16)18(21)12-15-6-4-3-5-7-15/h3-11,14H,12-13,19H2,1-2H3. The molecular formula is C18H22N2O. The Hall–Kier alpha value is -2.29. The molecule has 21 heavy (non-hydrogen) atoms. The first-order chi connectivity index (χ1) is 10.1. The normalized spacial score (nSPS) is 10.6. The molecule has 2 rings (SSSR count). The molecule has 0 bridgehead atoms. The van der Waals surface area contributed by atoms with Gasteiger partial charge in [-0.15, -0.1) is 0 Å².